The van der Waals surface area contributed by atoms with Gasteiger partial charge in [-0.2, -0.15) is 4.98 Å². The standard InChI is InChI=1S/C16H26N5O7PSi/c1-16(2,3)30(4,5)28-10-8(6-22)26-14(11(10)27-29(24)25)21-7-18-9-12(21)19-15(17)20-13(9)23/h7-8,10-11,14,22H,6H2,1-5H3,(H3-,17,19,20,23,24,25)/p+1/t8-,10?,11?,14-/m1/s1. The number of nitrogens with one attached hydrogen (secondary N) is 1. The van der Waals surface area contributed by atoms with Gasteiger partial charge in [-0.3, -0.25) is 14.3 Å². The third kappa shape index (κ3) is 4.19. The van der Waals surface area contributed by atoms with Gasteiger partial charge < -0.3 is 20.0 Å². The van der Waals surface area contributed by atoms with E-state index >= 15 is 0 Å². The Morgan fingerprint density at radius 2 is 2.07 bits per heavy atom. The van der Waals surface area contributed by atoms with Crippen molar-refractivity contribution in [1.29, 1.82) is 0 Å². The number of hydrogen-bond donors (Lipinski definition) is 4. The molecule has 2 aromatic rings. The van der Waals surface area contributed by atoms with Crippen LogP contribution in [0.1, 0.15) is 27.0 Å². The number of aromatic amines is 1. The van der Waals surface area contributed by atoms with E-state index in [4.69, 9.17) is 19.4 Å². The Morgan fingerprint density at radius 3 is 2.63 bits per heavy atom. The first-order valence-corrected chi connectivity index (χ1v) is 13.4. The maximum absolute atomic E-state index is 12.1. The number of nitrogen functional groups attached to an aromatic ring is 1. The number of aliphatic hydroxyl groups excluding tert-OH is 1. The van der Waals surface area contributed by atoms with Crippen LogP contribution in [0.15, 0.2) is 11.1 Å². The van der Waals surface area contributed by atoms with Crippen LogP contribution >= 0.6 is 8.25 Å². The predicted molar refractivity (Wildman–Crippen MR) is 110 cm³/mol. The Morgan fingerprint density at radius 1 is 1.40 bits per heavy atom. The van der Waals surface area contributed by atoms with Gasteiger partial charge in [0.05, 0.1) is 12.9 Å². The molecule has 1 aliphatic heterocycles. The highest BCUT2D eigenvalue weighted by molar-refractivity contribution is 7.32. The van der Waals surface area contributed by atoms with E-state index in [1.165, 1.54) is 10.9 Å². The lowest BCUT2D eigenvalue weighted by molar-refractivity contribution is -0.0480. The van der Waals surface area contributed by atoms with E-state index in [-0.39, 0.29) is 22.2 Å². The van der Waals surface area contributed by atoms with Crippen LogP contribution in [-0.4, -0.2) is 62.8 Å². The lowest BCUT2D eigenvalue weighted by atomic mass is 10.1. The number of H-pyrrole nitrogens is 1. The molecule has 0 radical (unpaired) electrons. The number of aromatic nitrogens is 4. The molecule has 5 atom stereocenters. The maximum atomic E-state index is 12.1. The zero-order valence-electron chi connectivity index (χ0n) is 17.4. The summed E-state index contributed by atoms with van der Waals surface area (Å²) in [4.78, 5) is 32.1. The number of hydrogen-bond acceptors (Lipinski definition) is 9. The number of aliphatic hydroxyl groups is 1. The fourth-order valence-corrected chi connectivity index (χ4v) is 4.84. The van der Waals surface area contributed by atoms with Crippen molar-refractivity contribution >= 4 is 33.7 Å². The van der Waals surface area contributed by atoms with Crippen molar-refractivity contribution in [3.8, 4) is 0 Å². The van der Waals surface area contributed by atoms with Gasteiger partial charge in [-0.05, 0) is 18.1 Å². The number of anilines is 1. The van der Waals surface area contributed by atoms with Gasteiger partial charge in [0.15, 0.2) is 31.8 Å². The van der Waals surface area contributed by atoms with Gasteiger partial charge in [-0.15, -0.1) is 9.42 Å². The molecule has 0 aliphatic carbocycles. The largest absolute Gasteiger partial charge is 0.695 e. The molecule has 0 spiro atoms. The van der Waals surface area contributed by atoms with Crippen LogP contribution in [0.4, 0.5) is 5.95 Å². The topological polar surface area (TPSA) is 175 Å². The molecule has 3 rings (SSSR count). The van der Waals surface area contributed by atoms with Crippen molar-refractivity contribution in [2.45, 2.75) is 63.4 Å². The molecular weight excluding hydrogens is 433 g/mol. The van der Waals surface area contributed by atoms with Crippen molar-refractivity contribution in [3.63, 3.8) is 0 Å². The monoisotopic (exact) mass is 460 g/mol. The third-order valence-electron chi connectivity index (χ3n) is 5.64. The first-order chi connectivity index (χ1) is 13.9. The lowest BCUT2D eigenvalue weighted by Gasteiger charge is -2.39. The SMILES string of the molecule is CC(C)(C)[Si](C)(C)OC1C(O[P+](=O)O)[C@H](n2cnc3c(=O)[nH]c(N)nc32)O[C@@H]1CO. The summed E-state index contributed by atoms with van der Waals surface area (Å²) < 4.78 is 30.6. The molecule has 0 saturated carbocycles. The number of rotatable bonds is 6. The van der Waals surface area contributed by atoms with Crippen LogP contribution < -0.4 is 11.3 Å². The van der Waals surface area contributed by atoms with Crippen molar-refractivity contribution in [3.05, 3.63) is 16.7 Å². The van der Waals surface area contributed by atoms with Crippen molar-refractivity contribution in [2.24, 2.45) is 0 Å². The number of nitrogens with two attached hydrogens (primary N) is 1. The van der Waals surface area contributed by atoms with Crippen LogP contribution in [0.2, 0.25) is 18.1 Å². The zero-order valence-corrected chi connectivity index (χ0v) is 19.3. The molecular formula is C16H27N5O7PSi+. The normalized spacial score (nSPS) is 25.8. The van der Waals surface area contributed by atoms with E-state index in [2.05, 4.69) is 15.0 Å². The Hall–Kier alpha value is -1.73. The van der Waals surface area contributed by atoms with E-state index in [9.17, 15) is 19.4 Å². The molecule has 1 aliphatic rings. The summed E-state index contributed by atoms with van der Waals surface area (Å²) in [5, 5.41) is 9.74. The smallest absolute Gasteiger partial charge is 0.408 e. The first-order valence-electron chi connectivity index (χ1n) is 9.35. The first kappa shape index (κ1) is 22.9. The Kier molecular flexibility index (Phi) is 6.18. The molecule has 1 fully saturated rings. The average molecular weight is 460 g/mol. The fraction of sp³-hybridized carbons (Fsp3) is 0.688. The summed E-state index contributed by atoms with van der Waals surface area (Å²) in [5.74, 6) is -0.120. The molecule has 0 aromatic carbocycles. The number of ether oxygens (including phenoxy) is 1. The number of imidazole rings is 1. The van der Waals surface area contributed by atoms with Gasteiger partial charge in [0.1, 0.15) is 12.2 Å². The Balaban J connectivity index is 2.07. The zero-order chi connectivity index (χ0) is 22.4. The van der Waals surface area contributed by atoms with Crippen LogP contribution in [-0.2, 0) is 18.3 Å². The minimum absolute atomic E-state index is 0.0225. The summed E-state index contributed by atoms with van der Waals surface area (Å²) in [6.45, 7) is 9.76. The van der Waals surface area contributed by atoms with Crippen molar-refractivity contribution < 1.29 is 28.3 Å². The highest BCUT2D eigenvalue weighted by Crippen LogP contribution is 2.44. The van der Waals surface area contributed by atoms with Gasteiger partial charge in [-0.1, -0.05) is 20.8 Å². The molecule has 14 heteroatoms. The fourth-order valence-electron chi connectivity index (χ4n) is 3.08. The highest BCUT2D eigenvalue weighted by Gasteiger charge is 2.54. The average Bonchev–Trinajstić information content (AvgIpc) is 3.15. The molecule has 3 heterocycles. The van der Waals surface area contributed by atoms with Crippen molar-refractivity contribution in [1.82, 2.24) is 19.5 Å². The van der Waals surface area contributed by atoms with E-state index in [1.54, 1.807) is 0 Å². The number of fused-ring (bicyclic) bond motifs is 1. The minimum atomic E-state index is -3.01. The Bertz CT molecular complexity index is 1000. The quantitative estimate of drug-likeness (QED) is 0.360. The summed E-state index contributed by atoms with van der Waals surface area (Å²) in [6.07, 6.45) is -2.45. The summed E-state index contributed by atoms with van der Waals surface area (Å²) >= 11 is 0. The second kappa shape index (κ2) is 8.08. The second-order valence-electron chi connectivity index (χ2n) is 8.67. The maximum Gasteiger partial charge on any atom is 0.695 e. The molecule has 2 aromatic heterocycles. The minimum Gasteiger partial charge on any atom is -0.408 e. The molecule has 1 saturated heterocycles. The lowest BCUT2D eigenvalue weighted by Crippen LogP contribution is -2.50. The van der Waals surface area contributed by atoms with Gasteiger partial charge in [-0.25, -0.2) is 4.98 Å². The highest BCUT2D eigenvalue weighted by atomic mass is 31.1. The molecule has 166 valence electrons. The van der Waals surface area contributed by atoms with E-state index < -0.39 is 53.3 Å². The number of nitrogens with zero attached hydrogens (tertiary/aromatic N) is 3. The van der Waals surface area contributed by atoms with Gasteiger partial charge >= 0.3 is 8.25 Å². The summed E-state index contributed by atoms with van der Waals surface area (Å²) in [5.41, 5.74) is 5.26. The van der Waals surface area contributed by atoms with Gasteiger partial charge in [0.2, 0.25) is 5.95 Å². The third-order valence-corrected chi connectivity index (χ3v) is 10.5. The van der Waals surface area contributed by atoms with Gasteiger partial charge in [0.25, 0.3) is 5.56 Å². The van der Waals surface area contributed by atoms with Crippen LogP contribution in [0.25, 0.3) is 11.2 Å². The second-order valence-corrected chi connectivity index (χ2v) is 14.1. The molecule has 3 unspecified atom stereocenters. The molecule has 30 heavy (non-hydrogen) atoms. The molecule has 12 nitrogen and oxygen atoms in total. The van der Waals surface area contributed by atoms with Crippen LogP contribution in [0.5, 0.6) is 0 Å². The van der Waals surface area contributed by atoms with Gasteiger partial charge in [0, 0.05) is 4.57 Å². The predicted octanol–water partition coefficient (Wildman–Crippen LogP) is 1.02. The Labute approximate surface area is 174 Å². The summed E-state index contributed by atoms with van der Waals surface area (Å²) in [6, 6.07) is 0. The van der Waals surface area contributed by atoms with Crippen LogP contribution in [0, 0.1) is 0 Å². The van der Waals surface area contributed by atoms with E-state index in [0.29, 0.717) is 0 Å². The van der Waals surface area contributed by atoms with Crippen molar-refractivity contribution in [2.75, 3.05) is 12.3 Å². The van der Waals surface area contributed by atoms with Crippen LogP contribution in [0.3, 0.4) is 0 Å². The summed E-state index contributed by atoms with van der Waals surface area (Å²) in [7, 11) is -5.38. The molecule has 0 bridgehead atoms. The van der Waals surface area contributed by atoms with E-state index in [0.717, 1.165) is 0 Å². The van der Waals surface area contributed by atoms with E-state index in [1.807, 2.05) is 33.9 Å². The molecule has 0 amide bonds. The molecule has 5 N–H and O–H groups in total.